The van der Waals surface area contributed by atoms with E-state index in [0.29, 0.717) is 19.3 Å². The zero-order valence-electron chi connectivity index (χ0n) is 55.5. The lowest BCUT2D eigenvalue weighted by Crippen LogP contribution is -2.30. The molecule has 0 amide bonds. The van der Waals surface area contributed by atoms with E-state index < -0.39 is 6.10 Å². The molecule has 0 aromatic heterocycles. The topological polar surface area (TPSA) is 78.9 Å². The second-order valence-corrected chi connectivity index (χ2v) is 25.2. The van der Waals surface area contributed by atoms with Crippen molar-refractivity contribution in [2.24, 2.45) is 0 Å². The highest BCUT2D eigenvalue weighted by atomic mass is 16.6. The molecule has 0 aromatic carbocycles. The summed E-state index contributed by atoms with van der Waals surface area (Å²) in [6.07, 6.45) is 89.1. The largest absolute Gasteiger partial charge is 0.462 e. The van der Waals surface area contributed by atoms with Gasteiger partial charge in [-0.25, -0.2) is 0 Å². The van der Waals surface area contributed by atoms with Gasteiger partial charge in [0.25, 0.3) is 0 Å². The molecule has 0 bridgehead atoms. The van der Waals surface area contributed by atoms with Gasteiger partial charge in [0, 0.05) is 19.3 Å². The van der Waals surface area contributed by atoms with Crippen molar-refractivity contribution in [3.05, 3.63) is 36.5 Å². The number of carbonyl (C=O) groups excluding carboxylic acids is 3. The first kappa shape index (κ1) is 79.6. The summed E-state index contributed by atoms with van der Waals surface area (Å²) in [7, 11) is 0. The van der Waals surface area contributed by atoms with Crippen LogP contribution in [0.4, 0.5) is 0 Å². The summed E-state index contributed by atoms with van der Waals surface area (Å²) in [5.74, 6) is -0.842. The molecule has 0 N–H and O–H groups in total. The van der Waals surface area contributed by atoms with E-state index in [1.54, 1.807) is 0 Å². The highest BCUT2D eigenvalue weighted by Crippen LogP contribution is 2.19. The van der Waals surface area contributed by atoms with Crippen LogP contribution < -0.4 is 0 Å². The number of hydrogen-bond acceptors (Lipinski definition) is 6. The average molecular weight is 1150 g/mol. The van der Waals surface area contributed by atoms with Gasteiger partial charge >= 0.3 is 17.9 Å². The number of rotatable bonds is 69. The number of carbonyl (C=O) groups is 3. The molecule has 6 heteroatoms. The molecule has 0 saturated heterocycles. The highest BCUT2D eigenvalue weighted by molar-refractivity contribution is 5.71. The summed E-state index contributed by atoms with van der Waals surface area (Å²) in [6.45, 7) is 6.70. The maximum atomic E-state index is 12.9. The zero-order chi connectivity index (χ0) is 59.2. The lowest BCUT2D eigenvalue weighted by atomic mass is 10.0. The van der Waals surface area contributed by atoms with E-state index in [2.05, 4.69) is 57.2 Å². The Morgan fingerprint density at radius 2 is 0.439 bits per heavy atom. The second kappa shape index (κ2) is 71.1. The van der Waals surface area contributed by atoms with E-state index in [9.17, 15) is 14.4 Å². The minimum atomic E-state index is -0.772. The van der Waals surface area contributed by atoms with Crippen LogP contribution in [0.1, 0.15) is 412 Å². The van der Waals surface area contributed by atoms with Crippen LogP contribution in [0.3, 0.4) is 0 Å². The highest BCUT2D eigenvalue weighted by Gasteiger charge is 2.20. The van der Waals surface area contributed by atoms with Gasteiger partial charge in [-0.1, -0.05) is 353 Å². The molecule has 0 fully saturated rings. The Morgan fingerprint density at radius 1 is 0.244 bits per heavy atom. The van der Waals surface area contributed by atoms with Crippen molar-refractivity contribution >= 4 is 17.9 Å². The monoisotopic (exact) mass is 1150 g/mol. The SMILES string of the molecule is CCCCCCC/C=C\C/C=C\CCCCCCCCCCCC(=O)OC(COC(=O)CCCCCCCCCCCCCC)COC(=O)CCCCCCCCCCCCCCCCCCCCC/C=C\CCCCCCCCCC. The van der Waals surface area contributed by atoms with E-state index >= 15 is 0 Å². The van der Waals surface area contributed by atoms with Crippen molar-refractivity contribution in [2.45, 2.75) is 419 Å². The van der Waals surface area contributed by atoms with Crippen LogP contribution in [-0.2, 0) is 28.6 Å². The fourth-order valence-electron chi connectivity index (χ4n) is 11.3. The Bertz CT molecular complexity index is 1370. The predicted molar refractivity (Wildman–Crippen MR) is 358 cm³/mol. The molecule has 0 spiro atoms. The van der Waals surface area contributed by atoms with Gasteiger partial charge in [-0.2, -0.15) is 0 Å². The van der Waals surface area contributed by atoms with Gasteiger partial charge in [0.05, 0.1) is 0 Å². The summed E-state index contributed by atoms with van der Waals surface area (Å²) in [5, 5.41) is 0. The molecule has 0 rings (SSSR count). The van der Waals surface area contributed by atoms with Gasteiger partial charge in [-0.15, -0.1) is 0 Å². The van der Waals surface area contributed by atoms with Gasteiger partial charge in [0.1, 0.15) is 13.2 Å². The molecular formula is C76H142O6. The van der Waals surface area contributed by atoms with E-state index in [0.717, 1.165) is 64.2 Å². The summed E-state index contributed by atoms with van der Waals surface area (Å²) in [4.78, 5) is 38.4. The molecule has 6 nitrogen and oxygen atoms in total. The van der Waals surface area contributed by atoms with E-state index in [1.807, 2.05) is 0 Å². The lowest BCUT2D eigenvalue weighted by molar-refractivity contribution is -0.167. The minimum absolute atomic E-state index is 0.0680. The van der Waals surface area contributed by atoms with Gasteiger partial charge in [-0.3, -0.25) is 14.4 Å². The van der Waals surface area contributed by atoms with Crippen LogP contribution in [0.5, 0.6) is 0 Å². The van der Waals surface area contributed by atoms with Crippen molar-refractivity contribution < 1.29 is 28.6 Å². The van der Waals surface area contributed by atoms with Crippen LogP contribution >= 0.6 is 0 Å². The van der Waals surface area contributed by atoms with Crippen LogP contribution in [0.25, 0.3) is 0 Å². The molecule has 0 aliphatic carbocycles. The fraction of sp³-hybridized carbons (Fsp3) is 0.882. The maximum Gasteiger partial charge on any atom is 0.306 e. The molecule has 0 aliphatic heterocycles. The minimum Gasteiger partial charge on any atom is -0.462 e. The molecule has 82 heavy (non-hydrogen) atoms. The van der Waals surface area contributed by atoms with Crippen molar-refractivity contribution in [3.8, 4) is 0 Å². The fourth-order valence-corrected chi connectivity index (χ4v) is 11.3. The second-order valence-electron chi connectivity index (χ2n) is 25.2. The summed E-state index contributed by atoms with van der Waals surface area (Å²) < 4.78 is 17.0. The Labute approximate surface area is 512 Å². The first-order valence-corrected chi connectivity index (χ1v) is 37.0. The third-order valence-corrected chi connectivity index (χ3v) is 16.9. The van der Waals surface area contributed by atoms with E-state index in [4.69, 9.17) is 14.2 Å². The molecule has 0 saturated carbocycles. The summed E-state index contributed by atoms with van der Waals surface area (Å²) >= 11 is 0. The third-order valence-electron chi connectivity index (χ3n) is 16.9. The molecule has 0 heterocycles. The van der Waals surface area contributed by atoms with Crippen LogP contribution in [-0.4, -0.2) is 37.2 Å². The van der Waals surface area contributed by atoms with E-state index in [-0.39, 0.29) is 31.1 Å². The Balaban J connectivity index is 4.14. The first-order chi connectivity index (χ1) is 40.5. The van der Waals surface area contributed by atoms with E-state index in [1.165, 1.54) is 308 Å². The van der Waals surface area contributed by atoms with Gasteiger partial charge in [-0.05, 0) is 77.0 Å². The third kappa shape index (κ3) is 68.4. The zero-order valence-corrected chi connectivity index (χ0v) is 55.5. The van der Waals surface area contributed by atoms with Crippen molar-refractivity contribution in [1.82, 2.24) is 0 Å². The maximum absolute atomic E-state index is 12.9. The Kier molecular flexibility index (Phi) is 69.1. The number of allylic oxidation sites excluding steroid dienone is 6. The predicted octanol–water partition coefficient (Wildman–Crippen LogP) is 25.5. The molecule has 1 atom stereocenters. The Morgan fingerprint density at radius 3 is 0.683 bits per heavy atom. The van der Waals surface area contributed by atoms with Crippen molar-refractivity contribution in [1.29, 1.82) is 0 Å². The van der Waals surface area contributed by atoms with Crippen molar-refractivity contribution in [3.63, 3.8) is 0 Å². The standard InChI is InChI=1S/C76H142O6/c1-4-7-10-13-16-19-22-25-27-29-31-33-34-35-36-37-38-39-40-41-42-44-45-47-49-51-54-57-60-63-66-69-75(78)81-72-73(71-80-74(77)68-65-62-59-56-53-24-21-18-15-12-9-6-3)82-76(79)70-67-64-61-58-55-52-50-48-46-43-32-30-28-26-23-20-17-14-11-8-5-2/h23,26,29-32,73H,4-22,24-25,27-28,33-72H2,1-3H3/b26-23-,31-29-,32-30-. The summed E-state index contributed by atoms with van der Waals surface area (Å²) in [6, 6.07) is 0. The molecule has 0 radical (unpaired) electrons. The lowest BCUT2D eigenvalue weighted by Gasteiger charge is -2.18. The summed E-state index contributed by atoms with van der Waals surface area (Å²) in [5.41, 5.74) is 0. The normalized spacial score (nSPS) is 12.2. The van der Waals surface area contributed by atoms with Gasteiger partial charge in [0.2, 0.25) is 0 Å². The van der Waals surface area contributed by atoms with Crippen molar-refractivity contribution in [2.75, 3.05) is 13.2 Å². The molecular weight excluding hydrogens is 1010 g/mol. The van der Waals surface area contributed by atoms with Crippen LogP contribution in [0.15, 0.2) is 36.5 Å². The molecule has 0 aromatic rings. The molecule has 0 aliphatic rings. The first-order valence-electron chi connectivity index (χ1n) is 37.0. The average Bonchev–Trinajstić information content (AvgIpc) is 3.47. The number of ether oxygens (including phenoxy) is 3. The number of hydrogen-bond donors (Lipinski definition) is 0. The van der Waals surface area contributed by atoms with Gasteiger partial charge in [0.15, 0.2) is 6.10 Å². The van der Waals surface area contributed by atoms with Crippen LogP contribution in [0, 0.1) is 0 Å². The quantitative estimate of drug-likeness (QED) is 0.0261. The van der Waals surface area contributed by atoms with Gasteiger partial charge < -0.3 is 14.2 Å². The number of esters is 3. The molecule has 1 unspecified atom stereocenters. The Hall–Kier alpha value is -2.37. The smallest absolute Gasteiger partial charge is 0.306 e. The number of unbranched alkanes of at least 4 members (excludes halogenated alkanes) is 52. The molecule has 482 valence electrons. The van der Waals surface area contributed by atoms with Crippen LogP contribution in [0.2, 0.25) is 0 Å².